The Balaban J connectivity index is 1.88. The predicted octanol–water partition coefficient (Wildman–Crippen LogP) is 6.10. The molecule has 11 heteroatoms. The molecule has 3 aromatic carbocycles. The number of carbonyl (C=O) groups excluding carboxylic acids is 2. The molecule has 0 radical (unpaired) electrons. The third-order valence-electron chi connectivity index (χ3n) is 6.97. The molecule has 232 valence electrons. The van der Waals surface area contributed by atoms with Gasteiger partial charge in [0.15, 0.2) is 0 Å². The first-order chi connectivity index (χ1) is 20.5. The van der Waals surface area contributed by atoms with Crippen LogP contribution in [0.5, 0.6) is 5.75 Å². The second-order valence-corrected chi connectivity index (χ2v) is 12.9. The summed E-state index contributed by atoms with van der Waals surface area (Å²) in [5.74, 6) is -0.109. The SMILES string of the molecule is CCCCNC(=O)C(Cc1ccccc1)N(Cc1ccccc1Cl)C(=O)CCCN(c1ccc(OC)c(Cl)c1)S(C)(=O)=O. The van der Waals surface area contributed by atoms with Crippen molar-refractivity contribution in [2.24, 2.45) is 0 Å². The number of rotatable bonds is 16. The number of nitrogens with one attached hydrogen (secondary N) is 1. The minimum Gasteiger partial charge on any atom is -0.495 e. The molecule has 0 aliphatic carbocycles. The zero-order chi connectivity index (χ0) is 31.4. The topological polar surface area (TPSA) is 96.0 Å². The highest BCUT2D eigenvalue weighted by molar-refractivity contribution is 7.92. The van der Waals surface area contributed by atoms with Crippen LogP contribution in [0.3, 0.4) is 0 Å². The Bertz CT molecular complexity index is 1470. The average molecular weight is 649 g/mol. The molecule has 0 aromatic heterocycles. The zero-order valence-corrected chi connectivity index (χ0v) is 27.1. The number of nitrogens with zero attached hydrogens (tertiary/aromatic N) is 2. The molecule has 0 heterocycles. The van der Waals surface area contributed by atoms with Gasteiger partial charge >= 0.3 is 0 Å². The summed E-state index contributed by atoms with van der Waals surface area (Å²) in [6, 6.07) is 20.7. The summed E-state index contributed by atoms with van der Waals surface area (Å²) in [7, 11) is -2.21. The monoisotopic (exact) mass is 647 g/mol. The van der Waals surface area contributed by atoms with Crippen LogP contribution in [-0.2, 0) is 32.6 Å². The van der Waals surface area contributed by atoms with E-state index in [2.05, 4.69) is 5.32 Å². The van der Waals surface area contributed by atoms with Crippen molar-refractivity contribution in [3.05, 3.63) is 94.0 Å². The predicted molar refractivity (Wildman–Crippen MR) is 173 cm³/mol. The average Bonchev–Trinajstić information content (AvgIpc) is 2.97. The smallest absolute Gasteiger partial charge is 0.243 e. The molecule has 0 fully saturated rings. The molecule has 3 rings (SSSR count). The van der Waals surface area contributed by atoms with Gasteiger partial charge in [-0.25, -0.2) is 8.42 Å². The molecule has 1 atom stereocenters. The molecule has 2 amide bonds. The van der Waals surface area contributed by atoms with E-state index in [-0.39, 0.29) is 42.8 Å². The molecule has 0 spiro atoms. The van der Waals surface area contributed by atoms with Crippen molar-refractivity contribution in [2.75, 3.05) is 30.8 Å². The molecular formula is C32H39Cl2N3O5S. The van der Waals surface area contributed by atoms with Crippen molar-refractivity contribution in [1.82, 2.24) is 10.2 Å². The molecule has 8 nitrogen and oxygen atoms in total. The zero-order valence-electron chi connectivity index (χ0n) is 24.8. The van der Waals surface area contributed by atoms with E-state index in [0.717, 1.165) is 24.7 Å². The maximum atomic E-state index is 13.9. The molecule has 1 N–H and O–H groups in total. The molecule has 0 bridgehead atoms. The van der Waals surface area contributed by atoms with Gasteiger partial charge in [0.25, 0.3) is 0 Å². The Morgan fingerprint density at radius 1 is 0.953 bits per heavy atom. The van der Waals surface area contributed by atoms with Gasteiger partial charge in [0.2, 0.25) is 21.8 Å². The lowest BCUT2D eigenvalue weighted by molar-refractivity contribution is -0.141. The molecule has 1 unspecified atom stereocenters. The van der Waals surface area contributed by atoms with Crippen LogP contribution in [0.25, 0.3) is 0 Å². The largest absolute Gasteiger partial charge is 0.495 e. The van der Waals surface area contributed by atoms with Crippen LogP contribution >= 0.6 is 23.2 Å². The van der Waals surface area contributed by atoms with Gasteiger partial charge in [-0.2, -0.15) is 0 Å². The maximum Gasteiger partial charge on any atom is 0.243 e. The van der Waals surface area contributed by atoms with Crippen molar-refractivity contribution < 1.29 is 22.7 Å². The Hall–Kier alpha value is -3.27. The molecule has 43 heavy (non-hydrogen) atoms. The Labute approximate surface area is 265 Å². The number of benzene rings is 3. The van der Waals surface area contributed by atoms with E-state index < -0.39 is 16.1 Å². The highest BCUT2D eigenvalue weighted by Gasteiger charge is 2.31. The number of halogens is 2. The summed E-state index contributed by atoms with van der Waals surface area (Å²) in [6.45, 7) is 2.71. The standard InChI is InChI=1S/C32H39Cl2N3O5S/c1-4-5-19-35-32(39)29(21-24-12-7-6-8-13-24)36(23-25-14-9-10-15-27(25)33)31(38)16-11-20-37(43(3,40)41)26-17-18-30(42-2)28(34)22-26/h6-10,12-15,17-18,22,29H,4-5,11,16,19-21,23H2,1-3H3,(H,35,39). The van der Waals surface area contributed by atoms with Crippen molar-refractivity contribution >= 4 is 50.7 Å². The van der Waals surface area contributed by atoms with Crippen molar-refractivity contribution in [3.63, 3.8) is 0 Å². The second-order valence-electron chi connectivity index (χ2n) is 10.2. The maximum absolute atomic E-state index is 13.9. The van der Waals surface area contributed by atoms with Crippen molar-refractivity contribution in [1.29, 1.82) is 0 Å². The number of carbonyl (C=O) groups is 2. The number of methoxy groups -OCH3 is 1. The van der Waals surface area contributed by atoms with E-state index in [1.54, 1.807) is 23.1 Å². The number of hydrogen-bond donors (Lipinski definition) is 1. The van der Waals surface area contributed by atoms with Gasteiger partial charge in [-0.3, -0.25) is 13.9 Å². The molecule has 3 aromatic rings. The van der Waals surface area contributed by atoms with Gasteiger partial charge in [0.05, 0.1) is 24.1 Å². The highest BCUT2D eigenvalue weighted by atomic mass is 35.5. The van der Waals surface area contributed by atoms with Crippen LogP contribution in [-0.4, -0.2) is 57.6 Å². The molecule has 0 saturated carbocycles. The minimum atomic E-state index is -3.68. The van der Waals surface area contributed by atoms with Crippen LogP contribution in [0.4, 0.5) is 5.69 Å². The van der Waals surface area contributed by atoms with Gasteiger partial charge in [-0.15, -0.1) is 0 Å². The molecule has 0 aliphatic heterocycles. The quantitative estimate of drug-likeness (QED) is 0.189. The molecule has 0 aliphatic rings. The van der Waals surface area contributed by atoms with Crippen LogP contribution in [0.1, 0.15) is 43.7 Å². The summed E-state index contributed by atoms with van der Waals surface area (Å²) < 4.78 is 31.8. The Morgan fingerprint density at radius 2 is 1.65 bits per heavy atom. The highest BCUT2D eigenvalue weighted by Crippen LogP contribution is 2.30. The van der Waals surface area contributed by atoms with E-state index in [9.17, 15) is 18.0 Å². The summed E-state index contributed by atoms with van der Waals surface area (Å²) >= 11 is 12.7. The molecular weight excluding hydrogens is 609 g/mol. The number of ether oxygens (including phenoxy) is 1. The fourth-order valence-corrected chi connectivity index (χ4v) is 6.09. The summed E-state index contributed by atoms with van der Waals surface area (Å²) in [5, 5.41) is 3.76. The Morgan fingerprint density at radius 3 is 2.28 bits per heavy atom. The third kappa shape index (κ3) is 10.2. The number of amides is 2. The third-order valence-corrected chi connectivity index (χ3v) is 8.83. The first kappa shape index (κ1) is 34.2. The fourth-order valence-electron chi connectivity index (χ4n) is 4.68. The van der Waals surface area contributed by atoms with E-state index in [1.807, 2.05) is 55.5 Å². The first-order valence-electron chi connectivity index (χ1n) is 14.2. The van der Waals surface area contributed by atoms with Crippen LogP contribution in [0.15, 0.2) is 72.8 Å². The van der Waals surface area contributed by atoms with E-state index in [0.29, 0.717) is 35.0 Å². The number of sulfonamides is 1. The summed E-state index contributed by atoms with van der Waals surface area (Å²) in [6.07, 6.45) is 3.38. The first-order valence-corrected chi connectivity index (χ1v) is 16.8. The van der Waals surface area contributed by atoms with Gasteiger partial charge in [0.1, 0.15) is 11.8 Å². The normalized spacial score (nSPS) is 11.9. The Kier molecular flexibility index (Phi) is 13.2. The van der Waals surface area contributed by atoms with E-state index >= 15 is 0 Å². The second kappa shape index (κ2) is 16.5. The van der Waals surface area contributed by atoms with E-state index in [1.165, 1.54) is 17.5 Å². The fraction of sp³-hybridized carbons (Fsp3) is 0.375. The number of anilines is 1. The van der Waals surface area contributed by atoms with Crippen molar-refractivity contribution in [3.8, 4) is 5.75 Å². The lowest BCUT2D eigenvalue weighted by atomic mass is 10.0. The van der Waals surface area contributed by atoms with Gasteiger partial charge < -0.3 is 15.0 Å². The molecule has 0 saturated heterocycles. The van der Waals surface area contributed by atoms with Gasteiger partial charge in [-0.05, 0) is 48.2 Å². The van der Waals surface area contributed by atoms with Crippen LogP contribution in [0, 0.1) is 0 Å². The van der Waals surface area contributed by atoms with Gasteiger partial charge in [0, 0.05) is 37.5 Å². The number of unbranched alkanes of at least 4 members (excludes halogenated alkanes) is 1. The summed E-state index contributed by atoms with van der Waals surface area (Å²) in [5.41, 5.74) is 1.99. The van der Waals surface area contributed by atoms with Crippen molar-refractivity contribution in [2.45, 2.75) is 51.6 Å². The summed E-state index contributed by atoms with van der Waals surface area (Å²) in [4.78, 5) is 29.1. The van der Waals surface area contributed by atoms with E-state index in [4.69, 9.17) is 27.9 Å². The number of hydrogen-bond acceptors (Lipinski definition) is 5. The minimum absolute atomic E-state index is 0.00783. The lowest BCUT2D eigenvalue weighted by Gasteiger charge is -2.32. The van der Waals surface area contributed by atoms with Gasteiger partial charge in [-0.1, -0.05) is 85.1 Å². The van der Waals surface area contributed by atoms with Crippen LogP contribution in [0.2, 0.25) is 10.0 Å². The van der Waals surface area contributed by atoms with Crippen LogP contribution < -0.4 is 14.4 Å². The lowest BCUT2D eigenvalue weighted by Crippen LogP contribution is -2.50.